The van der Waals surface area contributed by atoms with Gasteiger partial charge in [-0.2, -0.15) is 0 Å². The molecule has 1 unspecified atom stereocenters. The third-order valence-electron chi connectivity index (χ3n) is 3.04. The summed E-state index contributed by atoms with van der Waals surface area (Å²) in [5.41, 5.74) is 0.326. The van der Waals surface area contributed by atoms with Gasteiger partial charge in [-0.05, 0) is 25.2 Å². The van der Waals surface area contributed by atoms with Crippen molar-refractivity contribution < 1.29 is 14.6 Å². The quantitative estimate of drug-likeness (QED) is 0.873. The Labute approximate surface area is 117 Å². The summed E-state index contributed by atoms with van der Waals surface area (Å²) in [6, 6.07) is 4.38. The van der Waals surface area contributed by atoms with Crippen LogP contribution in [0.5, 0.6) is 5.75 Å². The first-order valence-corrected chi connectivity index (χ1v) is 6.53. The first-order chi connectivity index (χ1) is 9.11. The fraction of sp³-hybridized carbons (Fsp3) is 0.462. The molecule has 0 aromatic heterocycles. The van der Waals surface area contributed by atoms with Gasteiger partial charge in [-0.1, -0.05) is 11.6 Å². The average molecular weight is 285 g/mol. The summed E-state index contributed by atoms with van der Waals surface area (Å²) in [5, 5.41) is 12.8. The van der Waals surface area contributed by atoms with Gasteiger partial charge >= 0.3 is 0 Å². The van der Waals surface area contributed by atoms with Crippen LogP contribution in [-0.2, 0) is 4.74 Å². The van der Waals surface area contributed by atoms with Crippen LogP contribution >= 0.6 is 11.6 Å². The molecule has 2 N–H and O–H groups in total. The summed E-state index contributed by atoms with van der Waals surface area (Å²) in [7, 11) is 1.84. The van der Waals surface area contributed by atoms with Gasteiger partial charge in [-0.15, -0.1) is 0 Å². The zero-order valence-electron chi connectivity index (χ0n) is 10.7. The van der Waals surface area contributed by atoms with Crippen molar-refractivity contribution in [3.05, 3.63) is 28.8 Å². The highest BCUT2D eigenvalue weighted by molar-refractivity contribution is 6.33. The highest BCUT2D eigenvalue weighted by Gasteiger charge is 2.25. The Kier molecular flexibility index (Phi) is 4.63. The molecule has 104 valence electrons. The normalized spacial score (nSPS) is 19.5. The summed E-state index contributed by atoms with van der Waals surface area (Å²) in [4.78, 5) is 14.1. The molecular weight excluding hydrogens is 268 g/mol. The minimum atomic E-state index is -0.176. The zero-order chi connectivity index (χ0) is 13.8. The van der Waals surface area contributed by atoms with E-state index in [0.717, 1.165) is 0 Å². The van der Waals surface area contributed by atoms with Gasteiger partial charge in [0.2, 0.25) is 0 Å². The van der Waals surface area contributed by atoms with Crippen molar-refractivity contribution in [1.29, 1.82) is 0 Å². The Hall–Kier alpha value is -1.30. The maximum absolute atomic E-state index is 12.4. The molecule has 1 saturated heterocycles. The molecule has 0 radical (unpaired) electrons. The highest BCUT2D eigenvalue weighted by Crippen LogP contribution is 2.23. The van der Waals surface area contributed by atoms with Crippen molar-refractivity contribution in [2.75, 3.05) is 33.3 Å². The first kappa shape index (κ1) is 14.1. The number of amides is 1. The number of carbonyl (C=O) groups is 1. The molecule has 6 heteroatoms. The second kappa shape index (κ2) is 6.23. The Balaban J connectivity index is 2.12. The van der Waals surface area contributed by atoms with Gasteiger partial charge in [0.05, 0.1) is 23.3 Å². The van der Waals surface area contributed by atoms with Gasteiger partial charge in [-0.25, -0.2) is 0 Å². The number of phenolic OH excluding ortho intramolecular Hbond substituents is 1. The van der Waals surface area contributed by atoms with E-state index in [1.54, 1.807) is 4.90 Å². The molecule has 1 aromatic carbocycles. The maximum Gasteiger partial charge on any atom is 0.255 e. The number of aromatic hydroxyl groups is 1. The van der Waals surface area contributed by atoms with Gasteiger partial charge < -0.3 is 20.1 Å². The SMILES string of the molecule is CNCC1CN(C(=O)c2cc(O)ccc2Cl)CCO1. The van der Waals surface area contributed by atoms with Gasteiger partial charge in [0.25, 0.3) is 5.91 Å². The lowest BCUT2D eigenvalue weighted by Gasteiger charge is -2.33. The molecule has 1 atom stereocenters. The van der Waals surface area contributed by atoms with Crippen molar-refractivity contribution in [2.24, 2.45) is 0 Å². The summed E-state index contributed by atoms with van der Waals surface area (Å²) in [5.74, 6) is -0.141. The van der Waals surface area contributed by atoms with Crippen molar-refractivity contribution in [2.45, 2.75) is 6.10 Å². The van der Waals surface area contributed by atoms with Crippen LogP contribution < -0.4 is 5.32 Å². The third kappa shape index (κ3) is 3.37. The molecule has 1 aliphatic rings. The summed E-state index contributed by atoms with van der Waals surface area (Å²) < 4.78 is 5.55. The van der Waals surface area contributed by atoms with Crippen LogP contribution in [0.1, 0.15) is 10.4 Å². The van der Waals surface area contributed by atoms with E-state index in [4.69, 9.17) is 16.3 Å². The smallest absolute Gasteiger partial charge is 0.255 e. The lowest BCUT2D eigenvalue weighted by Crippen LogP contribution is -2.48. The average Bonchev–Trinajstić information content (AvgIpc) is 2.41. The van der Waals surface area contributed by atoms with Crippen LogP contribution in [0.15, 0.2) is 18.2 Å². The molecule has 0 spiro atoms. The van der Waals surface area contributed by atoms with Crippen LogP contribution in [0, 0.1) is 0 Å². The Morgan fingerprint density at radius 3 is 3.16 bits per heavy atom. The predicted octanol–water partition coefficient (Wildman–Crippen LogP) is 1.11. The number of carbonyl (C=O) groups excluding carboxylic acids is 1. The number of hydrogen-bond acceptors (Lipinski definition) is 4. The standard InChI is InChI=1S/C13H17ClN2O3/c1-15-7-10-8-16(4-5-19-10)13(18)11-6-9(17)2-3-12(11)14/h2-3,6,10,15,17H,4-5,7-8H2,1H3. The lowest BCUT2D eigenvalue weighted by molar-refractivity contribution is -0.0196. The number of benzene rings is 1. The third-order valence-corrected chi connectivity index (χ3v) is 3.37. The van der Waals surface area contributed by atoms with Crippen molar-refractivity contribution >= 4 is 17.5 Å². The molecule has 19 heavy (non-hydrogen) atoms. The van der Waals surface area contributed by atoms with Gasteiger partial charge in [0.1, 0.15) is 5.75 Å². The van der Waals surface area contributed by atoms with E-state index in [-0.39, 0.29) is 17.8 Å². The fourth-order valence-electron chi connectivity index (χ4n) is 2.10. The minimum Gasteiger partial charge on any atom is -0.508 e. The summed E-state index contributed by atoms with van der Waals surface area (Å²) in [6.07, 6.45) is -0.0150. The molecule has 2 rings (SSSR count). The Morgan fingerprint density at radius 2 is 2.42 bits per heavy atom. The Bertz CT molecular complexity index is 465. The number of nitrogens with zero attached hydrogens (tertiary/aromatic N) is 1. The minimum absolute atomic E-state index is 0.0150. The van der Waals surface area contributed by atoms with Crippen LogP contribution in [-0.4, -0.2) is 55.3 Å². The number of nitrogens with one attached hydrogen (secondary N) is 1. The maximum atomic E-state index is 12.4. The van der Waals surface area contributed by atoms with Gasteiger partial charge in [0.15, 0.2) is 0 Å². The van der Waals surface area contributed by atoms with Crippen LogP contribution in [0.2, 0.25) is 5.02 Å². The topological polar surface area (TPSA) is 61.8 Å². The molecule has 0 saturated carbocycles. The van der Waals surface area contributed by atoms with Crippen LogP contribution in [0.25, 0.3) is 0 Å². The molecule has 1 amide bonds. The van der Waals surface area contributed by atoms with Crippen LogP contribution in [0.4, 0.5) is 0 Å². The van der Waals surface area contributed by atoms with E-state index in [9.17, 15) is 9.90 Å². The van der Waals surface area contributed by atoms with E-state index in [1.807, 2.05) is 7.05 Å². The number of halogens is 1. The van der Waals surface area contributed by atoms with E-state index in [1.165, 1.54) is 18.2 Å². The lowest BCUT2D eigenvalue weighted by atomic mass is 10.1. The van der Waals surface area contributed by atoms with Crippen molar-refractivity contribution in [1.82, 2.24) is 10.2 Å². The Morgan fingerprint density at radius 1 is 1.63 bits per heavy atom. The van der Waals surface area contributed by atoms with E-state index < -0.39 is 0 Å². The largest absolute Gasteiger partial charge is 0.508 e. The van der Waals surface area contributed by atoms with E-state index in [2.05, 4.69) is 5.32 Å². The van der Waals surface area contributed by atoms with Gasteiger partial charge in [0, 0.05) is 19.6 Å². The van der Waals surface area contributed by atoms with Gasteiger partial charge in [-0.3, -0.25) is 4.79 Å². The number of phenols is 1. The molecule has 0 aliphatic carbocycles. The number of likely N-dealkylation sites (N-methyl/N-ethyl adjacent to an activating group) is 1. The second-order valence-electron chi connectivity index (χ2n) is 4.47. The molecule has 1 heterocycles. The molecular formula is C13H17ClN2O3. The summed E-state index contributed by atoms with van der Waals surface area (Å²) in [6.45, 7) is 2.25. The monoisotopic (exact) mass is 284 g/mol. The van der Waals surface area contributed by atoms with Crippen molar-refractivity contribution in [3.8, 4) is 5.75 Å². The first-order valence-electron chi connectivity index (χ1n) is 6.16. The van der Waals surface area contributed by atoms with E-state index in [0.29, 0.717) is 36.8 Å². The molecule has 5 nitrogen and oxygen atoms in total. The molecule has 1 aliphatic heterocycles. The zero-order valence-corrected chi connectivity index (χ0v) is 11.5. The second-order valence-corrected chi connectivity index (χ2v) is 4.87. The van der Waals surface area contributed by atoms with Crippen molar-refractivity contribution in [3.63, 3.8) is 0 Å². The number of morpholine rings is 1. The van der Waals surface area contributed by atoms with Crippen LogP contribution in [0.3, 0.4) is 0 Å². The molecule has 1 fully saturated rings. The fourth-order valence-corrected chi connectivity index (χ4v) is 2.30. The number of hydrogen-bond donors (Lipinski definition) is 2. The molecule has 0 bridgehead atoms. The van der Waals surface area contributed by atoms with E-state index >= 15 is 0 Å². The number of rotatable bonds is 3. The number of ether oxygens (including phenoxy) is 1. The predicted molar refractivity (Wildman–Crippen MR) is 72.7 cm³/mol. The summed E-state index contributed by atoms with van der Waals surface area (Å²) >= 11 is 6.01. The molecule has 1 aromatic rings. The highest BCUT2D eigenvalue weighted by atomic mass is 35.5.